The van der Waals surface area contributed by atoms with Gasteiger partial charge in [0.2, 0.25) is 0 Å². The predicted octanol–water partition coefficient (Wildman–Crippen LogP) is 0.351. The van der Waals surface area contributed by atoms with Gasteiger partial charge in [0.05, 0.1) is 18.8 Å². The first-order chi connectivity index (χ1) is 8.69. The molecule has 0 radical (unpaired) electrons. The van der Waals surface area contributed by atoms with E-state index >= 15 is 0 Å². The van der Waals surface area contributed by atoms with Crippen LogP contribution in [0, 0.1) is 11.3 Å². The Bertz CT molecular complexity index is 539. The molecule has 0 aromatic carbocycles. The van der Waals surface area contributed by atoms with Crippen molar-refractivity contribution in [3.8, 4) is 11.8 Å². The average molecular weight is 249 g/mol. The van der Waals surface area contributed by atoms with E-state index in [1.807, 2.05) is 11.0 Å². The molecular weight excluding hydrogens is 234 g/mol. The number of nitrogens with zero attached hydrogens (tertiary/aromatic N) is 2. The van der Waals surface area contributed by atoms with Gasteiger partial charge in [0.15, 0.2) is 0 Å². The molecule has 1 aliphatic rings. The van der Waals surface area contributed by atoms with E-state index in [-0.39, 0.29) is 22.4 Å². The molecule has 0 unspecified atom stereocenters. The molecular formula is C12H15N3O3. The Morgan fingerprint density at radius 1 is 1.50 bits per heavy atom. The molecule has 0 atom stereocenters. The van der Waals surface area contributed by atoms with Gasteiger partial charge in [0.1, 0.15) is 23.2 Å². The maximum atomic E-state index is 11.8. The number of aromatic amines is 1. The number of pyridine rings is 1. The molecule has 18 heavy (non-hydrogen) atoms. The molecule has 0 amide bonds. The van der Waals surface area contributed by atoms with E-state index in [1.165, 1.54) is 0 Å². The van der Waals surface area contributed by atoms with Crippen LogP contribution in [0.4, 0.5) is 5.82 Å². The van der Waals surface area contributed by atoms with Gasteiger partial charge in [0, 0.05) is 13.1 Å². The van der Waals surface area contributed by atoms with Gasteiger partial charge in [-0.3, -0.25) is 4.79 Å². The number of rotatable bonds is 2. The summed E-state index contributed by atoms with van der Waals surface area (Å²) in [7, 11) is 0. The Morgan fingerprint density at radius 3 is 2.72 bits per heavy atom. The van der Waals surface area contributed by atoms with Crippen molar-refractivity contribution in [1.29, 1.82) is 5.26 Å². The van der Waals surface area contributed by atoms with Crippen molar-refractivity contribution in [2.75, 3.05) is 31.2 Å². The first-order valence-electron chi connectivity index (χ1n) is 5.90. The molecule has 2 rings (SSSR count). The van der Waals surface area contributed by atoms with Gasteiger partial charge in [-0.25, -0.2) is 0 Å². The number of nitriles is 1. The first-order valence-corrected chi connectivity index (χ1v) is 5.90. The smallest absolute Gasteiger partial charge is 0.256 e. The van der Waals surface area contributed by atoms with E-state index in [2.05, 4.69) is 4.98 Å². The minimum Gasteiger partial charge on any atom is -0.506 e. The highest BCUT2D eigenvalue weighted by atomic mass is 16.5. The Hall–Kier alpha value is -2.00. The van der Waals surface area contributed by atoms with Crippen LogP contribution >= 0.6 is 0 Å². The number of ether oxygens (including phenoxy) is 1. The number of H-pyrrole nitrogens is 1. The third-order valence-electron chi connectivity index (χ3n) is 3.06. The predicted molar refractivity (Wildman–Crippen MR) is 65.9 cm³/mol. The molecule has 96 valence electrons. The van der Waals surface area contributed by atoms with E-state index < -0.39 is 0 Å². The molecule has 0 saturated carbocycles. The zero-order valence-electron chi connectivity index (χ0n) is 10.2. The van der Waals surface area contributed by atoms with Gasteiger partial charge in [0.25, 0.3) is 5.56 Å². The van der Waals surface area contributed by atoms with Crippen LogP contribution in [-0.2, 0) is 11.2 Å². The van der Waals surface area contributed by atoms with Crippen LogP contribution < -0.4 is 10.5 Å². The van der Waals surface area contributed by atoms with Crippen LogP contribution in [0.15, 0.2) is 4.79 Å². The molecule has 6 nitrogen and oxygen atoms in total. The van der Waals surface area contributed by atoms with E-state index in [0.29, 0.717) is 38.5 Å². The van der Waals surface area contributed by atoms with Crippen LogP contribution in [0.5, 0.6) is 5.75 Å². The zero-order chi connectivity index (χ0) is 13.1. The van der Waals surface area contributed by atoms with Crippen molar-refractivity contribution in [1.82, 2.24) is 4.98 Å². The summed E-state index contributed by atoms with van der Waals surface area (Å²) in [5, 5.41) is 19.1. The SMILES string of the molecule is CCc1c(O)c(C#N)c(N2CCOCC2)[nH]c1=O. The van der Waals surface area contributed by atoms with Crippen LogP contribution in [0.2, 0.25) is 0 Å². The third-order valence-corrected chi connectivity index (χ3v) is 3.06. The molecule has 1 fully saturated rings. The molecule has 0 aliphatic carbocycles. The van der Waals surface area contributed by atoms with Crippen molar-refractivity contribution < 1.29 is 9.84 Å². The molecule has 0 bridgehead atoms. The number of hydrogen-bond acceptors (Lipinski definition) is 5. The van der Waals surface area contributed by atoms with Crippen molar-refractivity contribution in [3.63, 3.8) is 0 Å². The van der Waals surface area contributed by atoms with E-state index in [9.17, 15) is 9.90 Å². The average Bonchev–Trinajstić information content (AvgIpc) is 2.39. The maximum absolute atomic E-state index is 11.8. The number of aromatic hydroxyl groups is 1. The first kappa shape index (κ1) is 12.5. The van der Waals surface area contributed by atoms with Gasteiger partial charge < -0.3 is 19.7 Å². The minimum atomic E-state index is -0.338. The number of nitrogens with one attached hydrogen (secondary N) is 1. The summed E-state index contributed by atoms with van der Waals surface area (Å²) >= 11 is 0. The summed E-state index contributed by atoms with van der Waals surface area (Å²) in [4.78, 5) is 16.4. The number of hydrogen-bond donors (Lipinski definition) is 2. The summed E-state index contributed by atoms with van der Waals surface area (Å²) in [6.45, 7) is 4.04. The maximum Gasteiger partial charge on any atom is 0.256 e. The summed E-state index contributed by atoms with van der Waals surface area (Å²) in [5.41, 5.74) is 0.0485. The highest BCUT2D eigenvalue weighted by Gasteiger charge is 2.21. The quantitative estimate of drug-likeness (QED) is 0.789. The molecule has 2 heterocycles. The lowest BCUT2D eigenvalue weighted by Crippen LogP contribution is -2.38. The molecule has 2 N–H and O–H groups in total. The number of anilines is 1. The van der Waals surface area contributed by atoms with E-state index in [4.69, 9.17) is 10.00 Å². The van der Waals surface area contributed by atoms with Crippen molar-refractivity contribution >= 4 is 5.82 Å². The zero-order valence-corrected chi connectivity index (χ0v) is 10.2. The van der Waals surface area contributed by atoms with E-state index in [0.717, 1.165) is 0 Å². The standard InChI is InChI=1S/C12H15N3O3/c1-2-8-10(16)9(7-13)11(14-12(8)17)15-3-5-18-6-4-15/h2-6H2,1H3,(H2,14,16,17). The number of aromatic nitrogens is 1. The summed E-state index contributed by atoms with van der Waals surface area (Å²) < 4.78 is 5.22. The largest absolute Gasteiger partial charge is 0.506 e. The van der Waals surface area contributed by atoms with Crippen LogP contribution in [0.25, 0.3) is 0 Å². The molecule has 6 heteroatoms. The van der Waals surface area contributed by atoms with Gasteiger partial charge >= 0.3 is 0 Å². The van der Waals surface area contributed by atoms with E-state index in [1.54, 1.807) is 6.92 Å². The van der Waals surface area contributed by atoms with Gasteiger partial charge in [-0.05, 0) is 6.42 Å². The summed E-state index contributed by atoms with van der Waals surface area (Å²) in [6.07, 6.45) is 0.388. The lowest BCUT2D eigenvalue weighted by molar-refractivity contribution is 0.122. The minimum absolute atomic E-state index is 0.133. The second-order valence-electron chi connectivity index (χ2n) is 4.07. The van der Waals surface area contributed by atoms with Gasteiger partial charge in [-0.2, -0.15) is 5.26 Å². The van der Waals surface area contributed by atoms with Crippen LogP contribution in [0.1, 0.15) is 18.1 Å². The van der Waals surface area contributed by atoms with Crippen molar-refractivity contribution in [3.05, 3.63) is 21.5 Å². The number of morpholine rings is 1. The Kier molecular flexibility index (Phi) is 3.53. The highest BCUT2D eigenvalue weighted by Crippen LogP contribution is 2.27. The topological polar surface area (TPSA) is 89.3 Å². The van der Waals surface area contributed by atoms with Gasteiger partial charge in [-0.1, -0.05) is 6.92 Å². The Balaban J connectivity index is 2.53. The van der Waals surface area contributed by atoms with Crippen molar-refractivity contribution in [2.45, 2.75) is 13.3 Å². The summed E-state index contributed by atoms with van der Waals surface area (Å²) in [5.74, 6) is 0.186. The van der Waals surface area contributed by atoms with Crippen molar-refractivity contribution in [2.24, 2.45) is 0 Å². The molecule has 1 aromatic heterocycles. The Morgan fingerprint density at radius 2 is 2.17 bits per heavy atom. The Labute approximate surface area is 104 Å². The lowest BCUT2D eigenvalue weighted by atomic mass is 10.1. The normalized spacial score (nSPS) is 15.4. The van der Waals surface area contributed by atoms with Crippen LogP contribution in [0.3, 0.4) is 0 Å². The fourth-order valence-electron chi connectivity index (χ4n) is 2.07. The fraction of sp³-hybridized carbons (Fsp3) is 0.500. The van der Waals surface area contributed by atoms with Crippen LogP contribution in [-0.4, -0.2) is 36.4 Å². The monoisotopic (exact) mass is 249 g/mol. The highest BCUT2D eigenvalue weighted by molar-refractivity contribution is 5.62. The molecule has 0 spiro atoms. The summed E-state index contributed by atoms with van der Waals surface area (Å²) in [6, 6.07) is 1.96. The lowest BCUT2D eigenvalue weighted by Gasteiger charge is -2.29. The second kappa shape index (κ2) is 5.10. The molecule has 1 aliphatic heterocycles. The third kappa shape index (κ3) is 2.05. The molecule has 1 aromatic rings. The molecule has 1 saturated heterocycles. The second-order valence-corrected chi connectivity index (χ2v) is 4.07. The fourth-order valence-corrected chi connectivity index (χ4v) is 2.07. The van der Waals surface area contributed by atoms with Gasteiger partial charge in [-0.15, -0.1) is 0 Å².